The number of rotatable bonds is 4. The molecule has 0 saturated heterocycles. The Morgan fingerprint density at radius 3 is 2.71 bits per heavy atom. The van der Waals surface area contributed by atoms with Gasteiger partial charge in [-0.1, -0.05) is 12.1 Å². The van der Waals surface area contributed by atoms with Crippen LogP contribution < -0.4 is 10.2 Å². The molecule has 7 nitrogen and oxygen atoms in total. The van der Waals surface area contributed by atoms with Crippen LogP contribution in [0, 0.1) is 13.8 Å². The molecule has 5 rings (SSSR count). The van der Waals surface area contributed by atoms with Crippen LogP contribution in [0.1, 0.15) is 41.0 Å². The van der Waals surface area contributed by atoms with E-state index in [0.717, 1.165) is 35.9 Å². The van der Waals surface area contributed by atoms with Gasteiger partial charge in [-0.2, -0.15) is 23.4 Å². The topological polar surface area (TPSA) is 71.8 Å². The Balaban J connectivity index is 1.49. The Morgan fingerprint density at radius 1 is 1.09 bits per heavy atom. The number of nitrogens with one attached hydrogen (secondary N) is 1. The third kappa shape index (κ3) is 3.93. The second-order valence-electron chi connectivity index (χ2n) is 8.57. The Bertz CT molecular complexity index is 1360. The summed E-state index contributed by atoms with van der Waals surface area (Å²) in [5.74, 6) is 0.487. The Morgan fingerprint density at radius 2 is 1.91 bits per heavy atom. The van der Waals surface area contributed by atoms with E-state index in [2.05, 4.69) is 30.5 Å². The summed E-state index contributed by atoms with van der Waals surface area (Å²) in [7, 11) is 0. The molecule has 1 aliphatic heterocycles. The summed E-state index contributed by atoms with van der Waals surface area (Å²) in [5, 5.41) is 16.9. The van der Waals surface area contributed by atoms with E-state index < -0.39 is 17.8 Å². The molecule has 0 radical (unpaired) electrons. The number of hydrogen-bond acceptors (Lipinski definition) is 6. The molecule has 0 fully saturated rings. The third-order valence-electron chi connectivity index (χ3n) is 6.38. The van der Waals surface area contributed by atoms with Crippen molar-refractivity contribution in [1.29, 1.82) is 0 Å². The van der Waals surface area contributed by atoms with Gasteiger partial charge in [-0.05, 0) is 50.1 Å². The minimum absolute atomic E-state index is 0.197. The lowest BCUT2D eigenvalue weighted by Crippen LogP contribution is -2.33. The molecule has 0 saturated carbocycles. The van der Waals surface area contributed by atoms with Crippen molar-refractivity contribution in [3.63, 3.8) is 0 Å². The maximum atomic E-state index is 13.4. The lowest BCUT2D eigenvalue weighted by atomic mass is 9.97. The first kappa shape index (κ1) is 22.1. The number of aromatic nitrogens is 5. The first-order valence-electron chi connectivity index (χ1n) is 11.0. The minimum Gasteiger partial charge on any atom is -0.363 e. The van der Waals surface area contributed by atoms with Crippen molar-refractivity contribution < 1.29 is 13.2 Å². The van der Waals surface area contributed by atoms with E-state index in [9.17, 15) is 13.2 Å². The predicted octanol–water partition coefficient (Wildman–Crippen LogP) is 5.05. The van der Waals surface area contributed by atoms with E-state index in [4.69, 9.17) is 0 Å². The van der Waals surface area contributed by atoms with Crippen LogP contribution in [0.5, 0.6) is 0 Å². The van der Waals surface area contributed by atoms with Crippen molar-refractivity contribution in [3.8, 4) is 0 Å². The second kappa shape index (κ2) is 8.27. The largest absolute Gasteiger partial charge is 0.416 e. The minimum atomic E-state index is -4.40. The third-order valence-corrected chi connectivity index (χ3v) is 6.38. The zero-order valence-electron chi connectivity index (χ0n) is 19.1. The molecular weight excluding hydrogens is 443 g/mol. The van der Waals surface area contributed by atoms with Gasteiger partial charge in [0.2, 0.25) is 0 Å². The number of benzene rings is 1. The highest BCUT2D eigenvalue weighted by Gasteiger charge is 2.33. The van der Waals surface area contributed by atoms with Gasteiger partial charge in [0.05, 0.1) is 53.5 Å². The average molecular weight is 467 g/mol. The fraction of sp³-hybridized carbons (Fsp3) is 0.333. The molecule has 0 bridgehead atoms. The number of nitrogens with zero attached hydrogens (tertiary/aromatic N) is 6. The van der Waals surface area contributed by atoms with Gasteiger partial charge in [0.25, 0.3) is 0 Å². The van der Waals surface area contributed by atoms with Crippen molar-refractivity contribution in [1.82, 2.24) is 25.0 Å². The van der Waals surface area contributed by atoms with E-state index in [0.29, 0.717) is 29.1 Å². The van der Waals surface area contributed by atoms with Gasteiger partial charge in [0, 0.05) is 18.1 Å². The highest BCUT2D eigenvalue weighted by atomic mass is 19.4. The molecule has 3 aromatic heterocycles. The Hall–Kier alpha value is -3.69. The average Bonchev–Trinajstić information content (AvgIpc) is 3.28. The molecule has 4 heterocycles. The maximum absolute atomic E-state index is 13.4. The van der Waals surface area contributed by atoms with Gasteiger partial charge in [0.1, 0.15) is 0 Å². The molecule has 0 spiro atoms. The highest BCUT2D eigenvalue weighted by Crippen LogP contribution is 2.36. The van der Waals surface area contributed by atoms with E-state index in [1.807, 2.05) is 36.9 Å². The van der Waals surface area contributed by atoms with Crippen molar-refractivity contribution in [2.24, 2.45) is 0 Å². The standard InChI is InChI=1S/C24H24F3N7/c1-14-19(5-4-6-21(14)24(25,26)27)15(2)30-23-20-11-18(12-28-22(20)16(3)31-32-23)33-9-10-34-17(13-33)7-8-29-34/h4-8,11-12,15H,9-10,13H2,1-3H3,(H,30,32)/t15-/m1/s1. The molecule has 1 aliphatic rings. The van der Waals surface area contributed by atoms with Crippen LogP contribution in [0.3, 0.4) is 0 Å². The molecule has 4 aromatic rings. The van der Waals surface area contributed by atoms with E-state index in [1.165, 1.54) is 13.0 Å². The SMILES string of the molecule is Cc1c([C@@H](C)Nc2nnc(C)c3ncc(N4CCn5nccc5C4)cc23)cccc1C(F)(F)F. The number of hydrogen-bond donors (Lipinski definition) is 1. The summed E-state index contributed by atoms with van der Waals surface area (Å²) in [6, 6.07) is 7.84. The number of anilines is 2. The number of alkyl halides is 3. The van der Waals surface area contributed by atoms with Gasteiger partial charge in [-0.3, -0.25) is 9.67 Å². The molecule has 1 aromatic carbocycles. The summed E-state index contributed by atoms with van der Waals surface area (Å²) < 4.78 is 42.2. The van der Waals surface area contributed by atoms with E-state index >= 15 is 0 Å². The van der Waals surface area contributed by atoms with Crippen LogP contribution in [0.4, 0.5) is 24.7 Å². The molecule has 0 unspecified atom stereocenters. The molecule has 0 amide bonds. The van der Waals surface area contributed by atoms with Crippen molar-refractivity contribution in [2.45, 2.75) is 46.1 Å². The summed E-state index contributed by atoms with van der Waals surface area (Å²) in [4.78, 5) is 6.87. The fourth-order valence-corrected chi connectivity index (χ4v) is 4.55. The van der Waals surface area contributed by atoms with Crippen molar-refractivity contribution in [3.05, 3.63) is 70.8 Å². The summed E-state index contributed by atoms with van der Waals surface area (Å²) in [6.07, 6.45) is -0.776. The van der Waals surface area contributed by atoms with Gasteiger partial charge < -0.3 is 10.2 Å². The van der Waals surface area contributed by atoms with Crippen LogP contribution in [0.2, 0.25) is 0 Å². The van der Waals surface area contributed by atoms with Crippen molar-refractivity contribution in [2.75, 3.05) is 16.8 Å². The summed E-state index contributed by atoms with van der Waals surface area (Å²) in [6.45, 7) is 7.45. The van der Waals surface area contributed by atoms with E-state index in [1.54, 1.807) is 12.3 Å². The van der Waals surface area contributed by atoms with Crippen LogP contribution in [0.15, 0.2) is 42.7 Å². The van der Waals surface area contributed by atoms with Gasteiger partial charge in [-0.15, -0.1) is 5.10 Å². The normalized spacial score (nSPS) is 14.8. The summed E-state index contributed by atoms with van der Waals surface area (Å²) in [5.41, 5.74) is 3.58. The lowest BCUT2D eigenvalue weighted by molar-refractivity contribution is -0.138. The molecule has 1 N–H and O–H groups in total. The first-order valence-corrected chi connectivity index (χ1v) is 11.0. The van der Waals surface area contributed by atoms with Crippen LogP contribution in [-0.4, -0.2) is 31.5 Å². The van der Waals surface area contributed by atoms with Crippen LogP contribution >= 0.6 is 0 Å². The highest BCUT2D eigenvalue weighted by molar-refractivity contribution is 5.92. The zero-order chi connectivity index (χ0) is 24.0. The first-order chi connectivity index (χ1) is 16.2. The predicted molar refractivity (Wildman–Crippen MR) is 124 cm³/mol. The second-order valence-corrected chi connectivity index (χ2v) is 8.57. The molecule has 1 atom stereocenters. The van der Waals surface area contributed by atoms with Gasteiger partial charge in [-0.25, -0.2) is 0 Å². The van der Waals surface area contributed by atoms with Crippen LogP contribution in [0.25, 0.3) is 10.9 Å². The molecule has 10 heteroatoms. The number of halogens is 3. The number of aryl methyl sites for hydroxylation is 1. The van der Waals surface area contributed by atoms with E-state index in [-0.39, 0.29) is 5.56 Å². The van der Waals surface area contributed by atoms with Gasteiger partial charge >= 0.3 is 6.18 Å². The monoisotopic (exact) mass is 467 g/mol. The number of fused-ring (bicyclic) bond motifs is 2. The Kier molecular flexibility index (Phi) is 5.38. The maximum Gasteiger partial charge on any atom is 0.416 e. The summed E-state index contributed by atoms with van der Waals surface area (Å²) >= 11 is 0. The van der Waals surface area contributed by atoms with Crippen molar-refractivity contribution >= 4 is 22.4 Å². The quantitative estimate of drug-likeness (QED) is 0.453. The molecular formula is C24H24F3N7. The number of pyridine rings is 1. The molecule has 0 aliphatic carbocycles. The lowest BCUT2D eigenvalue weighted by Gasteiger charge is -2.29. The molecule has 176 valence electrons. The van der Waals surface area contributed by atoms with Crippen LogP contribution in [-0.2, 0) is 19.3 Å². The molecule has 34 heavy (non-hydrogen) atoms. The fourth-order valence-electron chi connectivity index (χ4n) is 4.55. The Labute approximate surface area is 194 Å². The zero-order valence-corrected chi connectivity index (χ0v) is 19.1. The smallest absolute Gasteiger partial charge is 0.363 e. The van der Waals surface area contributed by atoms with Gasteiger partial charge in [0.15, 0.2) is 5.82 Å².